The van der Waals surface area contributed by atoms with Crippen LogP contribution in [0.1, 0.15) is 5.56 Å². The first kappa shape index (κ1) is 14.9. The molecule has 0 heterocycles. The quantitative estimate of drug-likeness (QED) is 0.589. The molecule has 0 radical (unpaired) electrons. The molecule has 2 amide bonds. The van der Waals surface area contributed by atoms with Crippen LogP contribution in [0.25, 0.3) is 0 Å². The maximum absolute atomic E-state index is 12.9. The Morgan fingerprint density at radius 1 is 1.32 bits per heavy atom. The van der Waals surface area contributed by atoms with E-state index < -0.39 is 18.1 Å². The SMILES string of the molecule is O=C(NCCc1cccc(F)c1)NCC(O)C(=O)O. The Kier molecular flexibility index (Phi) is 5.74. The molecule has 1 unspecified atom stereocenters. The van der Waals surface area contributed by atoms with Crippen molar-refractivity contribution in [1.29, 1.82) is 0 Å². The van der Waals surface area contributed by atoms with Gasteiger partial charge < -0.3 is 20.8 Å². The van der Waals surface area contributed by atoms with Crippen LogP contribution in [-0.4, -0.2) is 41.4 Å². The number of hydrogen-bond donors (Lipinski definition) is 4. The summed E-state index contributed by atoms with van der Waals surface area (Å²) in [5.74, 6) is -1.74. The minimum Gasteiger partial charge on any atom is -0.479 e. The maximum Gasteiger partial charge on any atom is 0.334 e. The van der Waals surface area contributed by atoms with Crippen molar-refractivity contribution in [3.8, 4) is 0 Å². The number of carboxylic acid groups (broad SMARTS) is 1. The summed E-state index contributed by atoms with van der Waals surface area (Å²) in [5, 5.41) is 22.0. The zero-order valence-electron chi connectivity index (χ0n) is 10.1. The molecule has 6 nitrogen and oxygen atoms in total. The van der Waals surface area contributed by atoms with Crippen molar-refractivity contribution < 1.29 is 24.2 Å². The van der Waals surface area contributed by atoms with E-state index in [0.717, 1.165) is 5.56 Å². The minimum atomic E-state index is -1.63. The molecule has 19 heavy (non-hydrogen) atoms. The van der Waals surface area contributed by atoms with Crippen LogP contribution in [0, 0.1) is 5.82 Å². The Hall–Kier alpha value is -2.15. The lowest BCUT2D eigenvalue weighted by Crippen LogP contribution is -2.42. The molecule has 104 valence electrons. The van der Waals surface area contributed by atoms with E-state index in [2.05, 4.69) is 10.6 Å². The molecule has 0 aliphatic rings. The van der Waals surface area contributed by atoms with E-state index in [9.17, 15) is 14.0 Å². The predicted octanol–water partition coefficient (Wildman–Crippen LogP) is 0.113. The van der Waals surface area contributed by atoms with Crippen LogP contribution in [0.4, 0.5) is 9.18 Å². The summed E-state index contributed by atoms with van der Waals surface area (Å²) in [6, 6.07) is 5.42. The Morgan fingerprint density at radius 3 is 2.68 bits per heavy atom. The van der Waals surface area contributed by atoms with Gasteiger partial charge in [-0.3, -0.25) is 0 Å². The van der Waals surface area contributed by atoms with Crippen molar-refractivity contribution in [1.82, 2.24) is 10.6 Å². The standard InChI is InChI=1S/C12H15FN2O4/c13-9-3-1-2-8(6-9)4-5-14-12(19)15-7-10(16)11(17)18/h1-3,6,10,16H,4-5,7H2,(H,17,18)(H2,14,15,19). The molecule has 4 N–H and O–H groups in total. The summed E-state index contributed by atoms with van der Waals surface area (Å²) in [4.78, 5) is 21.5. The molecule has 0 aromatic heterocycles. The number of aliphatic carboxylic acids is 1. The first-order chi connectivity index (χ1) is 8.99. The first-order valence-corrected chi connectivity index (χ1v) is 5.66. The second kappa shape index (κ2) is 7.32. The maximum atomic E-state index is 12.9. The van der Waals surface area contributed by atoms with E-state index in [0.29, 0.717) is 6.42 Å². The first-order valence-electron chi connectivity index (χ1n) is 5.66. The van der Waals surface area contributed by atoms with Gasteiger partial charge in [-0.1, -0.05) is 12.1 Å². The second-order valence-corrected chi connectivity index (χ2v) is 3.87. The highest BCUT2D eigenvalue weighted by Crippen LogP contribution is 2.03. The van der Waals surface area contributed by atoms with Crippen molar-refractivity contribution in [3.63, 3.8) is 0 Å². The Balaban J connectivity index is 2.22. The molecule has 0 aliphatic heterocycles. The molecule has 0 fully saturated rings. The monoisotopic (exact) mass is 270 g/mol. The predicted molar refractivity (Wildman–Crippen MR) is 65.1 cm³/mol. The molecule has 0 bridgehead atoms. The topological polar surface area (TPSA) is 98.7 Å². The van der Waals surface area contributed by atoms with Crippen LogP contribution < -0.4 is 10.6 Å². The number of rotatable bonds is 6. The fourth-order valence-electron chi connectivity index (χ4n) is 1.35. The van der Waals surface area contributed by atoms with Crippen LogP contribution in [-0.2, 0) is 11.2 Å². The van der Waals surface area contributed by atoms with Crippen LogP contribution in [0.3, 0.4) is 0 Å². The number of urea groups is 1. The number of hydrogen-bond acceptors (Lipinski definition) is 3. The molecular formula is C12H15FN2O4. The lowest BCUT2D eigenvalue weighted by Gasteiger charge is -2.09. The number of benzene rings is 1. The van der Waals surface area contributed by atoms with E-state index in [1.165, 1.54) is 12.1 Å². The fraction of sp³-hybridized carbons (Fsp3) is 0.333. The molecule has 1 aromatic rings. The van der Waals surface area contributed by atoms with Gasteiger partial charge in [0.05, 0.1) is 6.54 Å². The third-order valence-corrected chi connectivity index (χ3v) is 2.33. The van der Waals surface area contributed by atoms with Gasteiger partial charge in [-0.2, -0.15) is 0 Å². The van der Waals surface area contributed by atoms with Crippen molar-refractivity contribution in [2.24, 2.45) is 0 Å². The molecule has 7 heteroatoms. The molecule has 1 aromatic carbocycles. The number of carbonyl (C=O) groups excluding carboxylic acids is 1. The molecule has 0 spiro atoms. The zero-order chi connectivity index (χ0) is 14.3. The van der Waals surface area contributed by atoms with E-state index in [-0.39, 0.29) is 18.9 Å². The smallest absolute Gasteiger partial charge is 0.334 e. The molecule has 1 rings (SSSR count). The Morgan fingerprint density at radius 2 is 2.05 bits per heavy atom. The zero-order valence-corrected chi connectivity index (χ0v) is 10.1. The van der Waals surface area contributed by atoms with Crippen LogP contribution in [0.5, 0.6) is 0 Å². The molecule has 0 aliphatic carbocycles. The van der Waals surface area contributed by atoms with Crippen LogP contribution >= 0.6 is 0 Å². The third-order valence-electron chi connectivity index (χ3n) is 2.33. The summed E-state index contributed by atoms with van der Waals surface area (Å²) in [5.41, 5.74) is 0.742. The Bertz CT molecular complexity index is 453. The number of carbonyl (C=O) groups is 2. The average molecular weight is 270 g/mol. The van der Waals surface area contributed by atoms with Crippen molar-refractivity contribution in [2.75, 3.05) is 13.1 Å². The van der Waals surface area contributed by atoms with Gasteiger partial charge in [0.25, 0.3) is 0 Å². The normalized spacial score (nSPS) is 11.7. The molecule has 0 saturated heterocycles. The highest BCUT2D eigenvalue weighted by atomic mass is 19.1. The van der Waals surface area contributed by atoms with E-state index >= 15 is 0 Å². The summed E-state index contributed by atoms with van der Waals surface area (Å²) in [6.07, 6.45) is -1.18. The van der Waals surface area contributed by atoms with E-state index in [1.807, 2.05) is 0 Å². The lowest BCUT2D eigenvalue weighted by atomic mass is 10.1. The van der Waals surface area contributed by atoms with Gasteiger partial charge in [0.15, 0.2) is 6.10 Å². The highest BCUT2D eigenvalue weighted by Gasteiger charge is 2.13. The number of halogens is 1. The van der Waals surface area contributed by atoms with Gasteiger partial charge in [0.2, 0.25) is 0 Å². The van der Waals surface area contributed by atoms with Crippen LogP contribution in [0.2, 0.25) is 0 Å². The number of aliphatic hydroxyl groups is 1. The van der Waals surface area contributed by atoms with Crippen molar-refractivity contribution >= 4 is 12.0 Å². The van der Waals surface area contributed by atoms with Gasteiger partial charge in [0, 0.05) is 6.54 Å². The molecule has 1 atom stereocenters. The van der Waals surface area contributed by atoms with Crippen molar-refractivity contribution in [2.45, 2.75) is 12.5 Å². The van der Waals surface area contributed by atoms with Gasteiger partial charge in [-0.05, 0) is 24.1 Å². The highest BCUT2D eigenvalue weighted by molar-refractivity contribution is 5.76. The average Bonchev–Trinajstić information content (AvgIpc) is 2.36. The van der Waals surface area contributed by atoms with Gasteiger partial charge in [0.1, 0.15) is 5.82 Å². The van der Waals surface area contributed by atoms with Crippen LogP contribution in [0.15, 0.2) is 24.3 Å². The summed E-state index contributed by atoms with van der Waals surface area (Å²) in [7, 11) is 0. The van der Waals surface area contributed by atoms with Gasteiger partial charge in [-0.15, -0.1) is 0 Å². The number of carboxylic acids is 1. The third kappa shape index (κ3) is 5.82. The number of aliphatic hydroxyl groups excluding tert-OH is 1. The van der Waals surface area contributed by atoms with Gasteiger partial charge in [-0.25, -0.2) is 14.0 Å². The summed E-state index contributed by atoms with van der Waals surface area (Å²) >= 11 is 0. The summed E-state index contributed by atoms with van der Waals surface area (Å²) in [6.45, 7) is -0.0976. The number of nitrogens with one attached hydrogen (secondary N) is 2. The van der Waals surface area contributed by atoms with E-state index in [1.54, 1.807) is 12.1 Å². The summed E-state index contributed by atoms with van der Waals surface area (Å²) < 4.78 is 12.9. The molecular weight excluding hydrogens is 255 g/mol. The second-order valence-electron chi connectivity index (χ2n) is 3.87. The lowest BCUT2D eigenvalue weighted by molar-refractivity contribution is -0.146. The minimum absolute atomic E-state index is 0.276. The number of amides is 2. The fourth-order valence-corrected chi connectivity index (χ4v) is 1.35. The Labute approximate surface area is 109 Å². The molecule has 0 saturated carbocycles. The largest absolute Gasteiger partial charge is 0.479 e. The van der Waals surface area contributed by atoms with E-state index in [4.69, 9.17) is 10.2 Å². The van der Waals surface area contributed by atoms with Crippen molar-refractivity contribution in [3.05, 3.63) is 35.6 Å². The van der Waals surface area contributed by atoms with Gasteiger partial charge >= 0.3 is 12.0 Å².